The maximum Gasteiger partial charge on any atom is 0.320 e. The number of nitrogens with zero attached hydrogens (tertiary/aromatic N) is 1. The summed E-state index contributed by atoms with van der Waals surface area (Å²) in [5.74, 6) is -1.98. The minimum atomic E-state index is -1.78. The molecule has 1 aliphatic carbocycles. The van der Waals surface area contributed by atoms with Gasteiger partial charge in [-0.3, -0.25) is 19.7 Å². The van der Waals surface area contributed by atoms with Crippen molar-refractivity contribution in [2.24, 2.45) is 5.41 Å². The molecule has 0 saturated heterocycles. The highest BCUT2D eigenvalue weighted by atomic mass is 35.5. The number of methoxy groups -OCH3 is 2. The number of carbonyl (C=O) groups excluding carboxylic acids is 2. The van der Waals surface area contributed by atoms with E-state index in [2.05, 4.69) is 0 Å². The molecule has 7 nitrogen and oxygen atoms in total. The summed E-state index contributed by atoms with van der Waals surface area (Å²) in [6, 6.07) is 11.4. The quantitative estimate of drug-likeness (QED) is 0.318. The predicted octanol–water partition coefficient (Wildman–Crippen LogP) is 3.31. The highest BCUT2D eigenvalue weighted by molar-refractivity contribution is 6.31. The van der Waals surface area contributed by atoms with Crippen LogP contribution in [0.15, 0.2) is 42.5 Å². The number of benzene rings is 2. The molecule has 2 atom stereocenters. The van der Waals surface area contributed by atoms with Gasteiger partial charge in [0.2, 0.25) is 6.54 Å². The van der Waals surface area contributed by atoms with E-state index >= 15 is 0 Å². The molecule has 2 aromatic rings. The van der Waals surface area contributed by atoms with Crippen LogP contribution in [-0.4, -0.2) is 37.4 Å². The lowest BCUT2D eigenvalue weighted by Crippen LogP contribution is -2.46. The zero-order valence-corrected chi connectivity index (χ0v) is 16.1. The van der Waals surface area contributed by atoms with Crippen molar-refractivity contribution in [3.05, 3.63) is 74.3 Å². The summed E-state index contributed by atoms with van der Waals surface area (Å²) in [6.07, 6.45) is -0.0123. The van der Waals surface area contributed by atoms with E-state index < -0.39 is 34.6 Å². The number of rotatable bonds is 6. The molecule has 0 amide bonds. The molecule has 0 saturated carbocycles. The summed E-state index contributed by atoms with van der Waals surface area (Å²) < 4.78 is 10.1. The van der Waals surface area contributed by atoms with Crippen LogP contribution in [0.3, 0.4) is 0 Å². The van der Waals surface area contributed by atoms with Crippen LogP contribution in [0.4, 0.5) is 0 Å². The van der Waals surface area contributed by atoms with Gasteiger partial charge in [-0.1, -0.05) is 35.9 Å². The van der Waals surface area contributed by atoms with Crippen LogP contribution in [0.25, 0.3) is 0 Å². The van der Waals surface area contributed by atoms with Crippen LogP contribution < -0.4 is 4.74 Å². The van der Waals surface area contributed by atoms with Crippen molar-refractivity contribution in [2.75, 3.05) is 20.8 Å². The normalized spacial score (nSPS) is 19.0. The average Bonchev–Trinajstić information content (AvgIpc) is 2.98. The Labute approximate surface area is 166 Å². The summed E-state index contributed by atoms with van der Waals surface area (Å²) in [4.78, 5) is 37.3. The molecule has 0 aromatic heterocycles. The summed E-state index contributed by atoms with van der Waals surface area (Å²) in [6.45, 7) is -0.643. The number of nitro groups is 1. The first-order chi connectivity index (χ1) is 13.3. The Morgan fingerprint density at radius 1 is 1.29 bits per heavy atom. The highest BCUT2D eigenvalue weighted by Crippen LogP contribution is 2.50. The monoisotopic (exact) mass is 403 g/mol. The SMILES string of the molecule is COC(=O)[C@]1([C@H](C[N+](=O)[O-])c2ccccc2Cl)Cc2ccc(OC)cc2C1=O. The first-order valence-corrected chi connectivity index (χ1v) is 8.89. The van der Waals surface area contributed by atoms with E-state index in [9.17, 15) is 19.7 Å². The third kappa shape index (κ3) is 3.11. The van der Waals surface area contributed by atoms with Crippen LogP contribution in [0, 0.1) is 15.5 Å². The Hall–Kier alpha value is -2.93. The maximum absolute atomic E-state index is 13.5. The second-order valence-electron chi connectivity index (χ2n) is 6.58. The Bertz CT molecular complexity index is 959. The van der Waals surface area contributed by atoms with E-state index in [1.54, 1.807) is 36.4 Å². The Balaban J connectivity index is 2.23. The number of halogens is 1. The summed E-state index contributed by atoms with van der Waals surface area (Å²) in [5, 5.41) is 11.7. The minimum absolute atomic E-state index is 0.0123. The lowest BCUT2D eigenvalue weighted by molar-refractivity contribution is -0.485. The van der Waals surface area contributed by atoms with Gasteiger partial charge in [0.15, 0.2) is 5.78 Å². The highest BCUT2D eigenvalue weighted by Gasteiger charge is 2.59. The van der Waals surface area contributed by atoms with Gasteiger partial charge in [-0.05, 0) is 35.7 Å². The van der Waals surface area contributed by atoms with Gasteiger partial charge in [0.25, 0.3) is 0 Å². The largest absolute Gasteiger partial charge is 0.497 e. The van der Waals surface area contributed by atoms with E-state index in [0.717, 1.165) is 7.11 Å². The Morgan fingerprint density at radius 3 is 2.61 bits per heavy atom. The van der Waals surface area contributed by atoms with Crippen LogP contribution in [0.1, 0.15) is 27.4 Å². The average molecular weight is 404 g/mol. The fourth-order valence-electron chi connectivity index (χ4n) is 3.87. The summed E-state index contributed by atoms with van der Waals surface area (Å²) >= 11 is 6.29. The molecule has 0 radical (unpaired) electrons. The molecule has 0 bridgehead atoms. The zero-order chi connectivity index (χ0) is 20.5. The molecule has 0 unspecified atom stereocenters. The summed E-state index contributed by atoms with van der Waals surface area (Å²) in [5.41, 5.74) is -0.511. The molecule has 28 heavy (non-hydrogen) atoms. The van der Waals surface area contributed by atoms with Gasteiger partial charge in [0, 0.05) is 15.5 Å². The molecule has 3 rings (SSSR count). The molecule has 8 heteroatoms. The van der Waals surface area contributed by atoms with Gasteiger partial charge in [0.1, 0.15) is 11.2 Å². The van der Waals surface area contributed by atoms with Crippen LogP contribution in [0.5, 0.6) is 5.75 Å². The topological polar surface area (TPSA) is 95.7 Å². The minimum Gasteiger partial charge on any atom is -0.497 e. The van der Waals surface area contributed by atoms with Crippen LogP contribution in [0.2, 0.25) is 5.02 Å². The third-order valence-electron chi connectivity index (χ3n) is 5.19. The second-order valence-corrected chi connectivity index (χ2v) is 6.99. The van der Waals surface area contributed by atoms with Gasteiger partial charge < -0.3 is 9.47 Å². The second kappa shape index (κ2) is 7.59. The van der Waals surface area contributed by atoms with Crippen molar-refractivity contribution in [1.29, 1.82) is 0 Å². The first kappa shape index (κ1) is 19.8. The number of carbonyl (C=O) groups is 2. The number of ether oxygens (including phenoxy) is 2. The van der Waals surface area contributed by atoms with Gasteiger partial charge in [0.05, 0.1) is 20.1 Å². The fourth-order valence-corrected chi connectivity index (χ4v) is 4.13. The molecule has 1 aliphatic rings. The van der Waals surface area contributed by atoms with Crippen molar-refractivity contribution < 1.29 is 24.0 Å². The molecule has 0 aliphatic heterocycles. The molecule has 0 spiro atoms. The standard InChI is InChI=1S/C20H18ClNO6/c1-27-13-8-7-12-10-20(19(24)28-2,18(23)15(12)9-13)16(11-22(25)26)14-5-3-4-6-17(14)21/h3-9,16H,10-11H2,1-2H3/t16-,20+/m1/s1. The van der Waals surface area contributed by atoms with Crippen molar-refractivity contribution in [1.82, 2.24) is 0 Å². The molecular formula is C20H18ClNO6. The number of fused-ring (bicyclic) bond motifs is 1. The summed E-state index contributed by atoms with van der Waals surface area (Å²) in [7, 11) is 2.63. The number of Topliss-reactive ketones (excluding diaryl/α,β-unsaturated/α-hetero) is 1. The van der Waals surface area contributed by atoms with E-state index in [1.807, 2.05) is 0 Å². The predicted molar refractivity (Wildman–Crippen MR) is 102 cm³/mol. The van der Waals surface area contributed by atoms with Crippen molar-refractivity contribution in [2.45, 2.75) is 12.3 Å². The van der Waals surface area contributed by atoms with Gasteiger partial charge in [-0.25, -0.2) is 0 Å². The number of hydrogen-bond donors (Lipinski definition) is 0. The molecule has 146 valence electrons. The Kier molecular flexibility index (Phi) is 5.38. The molecule has 0 heterocycles. The maximum atomic E-state index is 13.5. The van der Waals surface area contributed by atoms with Gasteiger partial charge in [-0.15, -0.1) is 0 Å². The number of hydrogen-bond acceptors (Lipinski definition) is 6. The molecule has 0 N–H and O–H groups in total. The van der Waals surface area contributed by atoms with Crippen molar-refractivity contribution >= 4 is 23.4 Å². The molecule has 2 aromatic carbocycles. The van der Waals surface area contributed by atoms with E-state index in [1.165, 1.54) is 13.2 Å². The lowest BCUT2D eigenvalue weighted by Gasteiger charge is -2.31. The fraction of sp³-hybridized carbons (Fsp3) is 0.300. The lowest BCUT2D eigenvalue weighted by atomic mass is 9.69. The van der Waals surface area contributed by atoms with Crippen LogP contribution in [-0.2, 0) is 16.0 Å². The third-order valence-corrected chi connectivity index (χ3v) is 5.54. The van der Waals surface area contributed by atoms with E-state index in [4.69, 9.17) is 21.1 Å². The van der Waals surface area contributed by atoms with E-state index in [0.29, 0.717) is 22.4 Å². The zero-order valence-electron chi connectivity index (χ0n) is 15.3. The van der Waals surface area contributed by atoms with Gasteiger partial charge >= 0.3 is 5.97 Å². The smallest absolute Gasteiger partial charge is 0.320 e. The van der Waals surface area contributed by atoms with Crippen molar-refractivity contribution in [3.8, 4) is 5.75 Å². The van der Waals surface area contributed by atoms with Crippen LogP contribution >= 0.6 is 11.6 Å². The van der Waals surface area contributed by atoms with E-state index in [-0.39, 0.29) is 11.4 Å². The number of ketones is 1. The molecule has 0 fully saturated rings. The molecular weight excluding hydrogens is 386 g/mol. The van der Waals surface area contributed by atoms with Gasteiger partial charge in [-0.2, -0.15) is 0 Å². The Morgan fingerprint density at radius 2 is 2.00 bits per heavy atom. The van der Waals surface area contributed by atoms with Crippen molar-refractivity contribution in [3.63, 3.8) is 0 Å². The first-order valence-electron chi connectivity index (χ1n) is 8.51. The number of esters is 1.